The third kappa shape index (κ3) is 2.46. The van der Waals surface area contributed by atoms with Crippen molar-refractivity contribution < 1.29 is 9.90 Å². The summed E-state index contributed by atoms with van der Waals surface area (Å²) in [7, 11) is 0. The second-order valence-corrected chi connectivity index (χ2v) is 5.83. The molecule has 2 rings (SSSR count). The molecule has 0 radical (unpaired) electrons. The summed E-state index contributed by atoms with van der Waals surface area (Å²) in [5.41, 5.74) is 9.67. The van der Waals surface area contributed by atoms with Gasteiger partial charge in [0.1, 0.15) is 0 Å². The SMILES string of the molecule is Cc1ccc(-c2c(C)c(C)c(C)c(C)c2C)cc1C(=O)O. The van der Waals surface area contributed by atoms with Crippen molar-refractivity contribution in [2.75, 3.05) is 0 Å². The van der Waals surface area contributed by atoms with Crippen LogP contribution in [0.1, 0.15) is 43.7 Å². The summed E-state index contributed by atoms with van der Waals surface area (Å²) >= 11 is 0. The van der Waals surface area contributed by atoms with Crippen LogP contribution in [0.3, 0.4) is 0 Å². The topological polar surface area (TPSA) is 37.3 Å². The Hall–Kier alpha value is -2.09. The molecular formula is C19H22O2. The summed E-state index contributed by atoms with van der Waals surface area (Å²) in [6, 6.07) is 5.70. The maximum atomic E-state index is 11.4. The summed E-state index contributed by atoms with van der Waals surface area (Å²) in [6.07, 6.45) is 0. The Labute approximate surface area is 126 Å². The summed E-state index contributed by atoms with van der Waals surface area (Å²) in [5.74, 6) is -0.870. The normalized spacial score (nSPS) is 10.8. The molecule has 0 saturated heterocycles. The van der Waals surface area contributed by atoms with E-state index in [-0.39, 0.29) is 0 Å². The van der Waals surface area contributed by atoms with E-state index in [0.29, 0.717) is 5.56 Å². The lowest BCUT2D eigenvalue weighted by Crippen LogP contribution is -2.03. The van der Waals surface area contributed by atoms with E-state index in [4.69, 9.17) is 0 Å². The minimum atomic E-state index is -0.870. The van der Waals surface area contributed by atoms with Gasteiger partial charge in [-0.1, -0.05) is 12.1 Å². The molecular weight excluding hydrogens is 260 g/mol. The summed E-state index contributed by atoms with van der Waals surface area (Å²) in [6.45, 7) is 12.5. The molecule has 2 aromatic rings. The number of hydrogen-bond donors (Lipinski definition) is 1. The first-order valence-corrected chi connectivity index (χ1v) is 7.17. The molecule has 0 unspecified atom stereocenters. The van der Waals surface area contributed by atoms with Crippen molar-refractivity contribution in [1.82, 2.24) is 0 Å². The van der Waals surface area contributed by atoms with E-state index < -0.39 is 5.97 Å². The van der Waals surface area contributed by atoms with Gasteiger partial charge in [-0.3, -0.25) is 0 Å². The van der Waals surface area contributed by atoms with Gasteiger partial charge in [0, 0.05) is 0 Å². The molecule has 0 bridgehead atoms. The van der Waals surface area contributed by atoms with Crippen LogP contribution < -0.4 is 0 Å². The molecule has 0 spiro atoms. The van der Waals surface area contributed by atoms with Crippen molar-refractivity contribution >= 4 is 5.97 Å². The molecule has 21 heavy (non-hydrogen) atoms. The highest BCUT2D eigenvalue weighted by Gasteiger charge is 2.16. The average molecular weight is 282 g/mol. The molecule has 0 aliphatic carbocycles. The van der Waals surface area contributed by atoms with Crippen molar-refractivity contribution in [3.63, 3.8) is 0 Å². The van der Waals surface area contributed by atoms with Crippen molar-refractivity contribution in [2.45, 2.75) is 41.5 Å². The zero-order valence-corrected chi connectivity index (χ0v) is 13.6. The molecule has 2 heteroatoms. The van der Waals surface area contributed by atoms with E-state index in [1.807, 2.05) is 19.1 Å². The first-order valence-electron chi connectivity index (χ1n) is 7.17. The van der Waals surface area contributed by atoms with Crippen LogP contribution >= 0.6 is 0 Å². The van der Waals surface area contributed by atoms with Crippen molar-refractivity contribution in [1.29, 1.82) is 0 Å². The highest BCUT2D eigenvalue weighted by molar-refractivity contribution is 5.91. The molecule has 110 valence electrons. The summed E-state index contributed by atoms with van der Waals surface area (Å²) in [4.78, 5) is 11.4. The zero-order chi connectivity index (χ0) is 15.9. The first-order chi connectivity index (χ1) is 9.75. The van der Waals surface area contributed by atoms with Crippen LogP contribution in [-0.2, 0) is 0 Å². The number of carboxylic acids is 1. The molecule has 0 fully saturated rings. The monoisotopic (exact) mass is 282 g/mol. The fourth-order valence-electron chi connectivity index (χ4n) is 2.94. The molecule has 0 saturated carbocycles. The van der Waals surface area contributed by atoms with Crippen LogP contribution in [0.2, 0.25) is 0 Å². The third-order valence-electron chi connectivity index (χ3n) is 4.76. The predicted molar refractivity (Wildman–Crippen MR) is 87.3 cm³/mol. The lowest BCUT2D eigenvalue weighted by atomic mass is 9.85. The van der Waals surface area contributed by atoms with Crippen LogP contribution in [-0.4, -0.2) is 11.1 Å². The van der Waals surface area contributed by atoms with Gasteiger partial charge >= 0.3 is 5.97 Å². The standard InChI is InChI=1S/C19H22O2/c1-10-7-8-16(9-17(10)19(20)21)18-14(5)12(3)11(2)13(4)15(18)6/h7-9H,1-6H3,(H,20,21). The molecule has 0 atom stereocenters. The van der Waals surface area contributed by atoms with Gasteiger partial charge in [0.15, 0.2) is 0 Å². The molecule has 0 heterocycles. The summed E-state index contributed by atoms with van der Waals surface area (Å²) < 4.78 is 0. The number of carbonyl (C=O) groups is 1. The quantitative estimate of drug-likeness (QED) is 0.850. The minimum absolute atomic E-state index is 0.377. The Morgan fingerprint density at radius 3 is 1.76 bits per heavy atom. The van der Waals surface area contributed by atoms with Gasteiger partial charge in [-0.2, -0.15) is 0 Å². The molecule has 0 aromatic heterocycles. The minimum Gasteiger partial charge on any atom is -0.478 e. The van der Waals surface area contributed by atoms with E-state index in [1.54, 1.807) is 6.07 Å². The molecule has 2 nitrogen and oxygen atoms in total. The van der Waals surface area contributed by atoms with Crippen molar-refractivity contribution in [3.8, 4) is 11.1 Å². The number of rotatable bonds is 2. The Bertz CT molecular complexity index is 711. The lowest BCUT2D eigenvalue weighted by molar-refractivity contribution is 0.0696. The van der Waals surface area contributed by atoms with E-state index in [0.717, 1.165) is 16.7 Å². The third-order valence-corrected chi connectivity index (χ3v) is 4.76. The largest absolute Gasteiger partial charge is 0.478 e. The van der Waals surface area contributed by atoms with E-state index in [2.05, 4.69) is 34.6 Å². The van der Waals surface area contributed by atoms with Gasteiger partial charge in [0.25, 0.3) is 0 Å². The van der Waals surface area contributed by atoms with E-state index in [9.17, 15) is 9.90 Å². The Morgan fingerprint density at radius 1 is 0.810 bits per heavy atom. The molecule has 0 amide bonds. The second kappa shape index (κ2) is 5.36. The van der Waals surface area contributed by atoms with Gasteiger partial charge in [-0.05, 0) is 92.1 Å². The van der Waals surface area contributed by atoms with Crippen molar-refractivity contribution in [3.05, 3.63) is 57.1 Å². The number of aryl methyl sites for hydroxylation is 1. The fraction of sp³-hybridized carbons (Fsp3) is 0.316. The Kier molecular flexibility index (Phi) is 3.91. The number of benzene rings is 2. The summed E-state index contributed by atoms with van der Waals surface area (Å²) in [5, 5.41) is 9.33. The van der Waals surface area contributed by atoms with Crippen LogP contribution in [0, 0.1) is 41.5 Å². The second-order valence-electron chi connectivity index (χ2n) is 5.83. The zero-order valence-electron chi connectivity index (χ0n) is 13.6. The maximum absolute atomic E-state index is 11.4. The van der Waals surface area contributed by atoms with Crippen LogP contribution in [0.15, 0.2) is 18.2 Å². The van der Waals surface area contributed by atoms with Crippen molar-refractivity contribution in [2.24, 2.45) is 0 Å². The lowest BCUT2D eigenvalue weighted by Gasteiger charge is -2.19. The molecule has 2 aromatic carbocycles. The fourth-order valence-corrected chi connectivity index (χ4v) is 2.94. The Morgan fingerprint density at radius 2 is 1.29 bits per heavy atom. The predicted octanol–water partition coefficient (Wildman–Crippen LogP) is 4.90. The van der Waals surface area contributed by atoms with E-state index in [1.165, 1.54) is 27.8 Å². The molecule has 1 N–H and O–H groups in total. The molecule has 0 aliphatic heterocycles. The highest BCUT2D eigenvalue weighted by Crippen LogP contribution is 2.34. The number of carboxylic acid groups (broad SMARTS) is 1. The van der Waals surface area contributed by atoms with Gasteiger partial charge in [0.05, 0.1) is 5.56 Å². The van der Waals surface area contributed by atoms with Gasteiger partial charge < -0.3 is 5.11 Å². The van der Waals surface area contributed by atoms with Crippen LogP contribution in [0.5, 0.6) is 0 Å². The van der Waals surface area contributed by atoms with Crippen LogP contribution in [0.25, 0.3) is 11.1 Å². The number of aromatic carboxylic acids is 1. The number of hydrogen-bond acceptors (Lipinski definition) is 1. The first kappa shape index (κ1) is 15.3. The molecule has 0 aliphatic rings. The van der Waals surface area contributed by atoms with Crippen LogP contribution in [0.4, 0.5) is 0 Å². The van der Waals surface area contributed by atoms with Gasteiger partial charge in [-0.15, -0.1) is 0 Å². The smallest absolute Gasteiger partial charge is 0.335 e. The maximum Gasteiger partial charge on any atom is 0.335 e. The average Bonchev–Trinajstić information content (AvgIpc) is 2.44. The van der Waals surface area contributed by atoms with Gasteiger partial charge in [-0.25, -0.2) is 4.79 Å². The Balaban J connectivity index is 2.80. The van der Waals surface area contributed by atoms with E-state index >= 15 is 0 Å². The van der Waals surface area contributed by atoms with Gasteiger partial charge in [0.2, 0.25) is 0 Å². The highest BCUT2D eigenvalue weighted by atomic mass is 16.4.